The third kappa shape index (κ3) is 4.00. The van der Waals surface area contributed by atoms with E-state index in [-0.39, 0.29) is 17.4 Å². The molecule has 0 spiro atoms. The van der Waals surface area contributed by atoms with Crippen LogP contribution in [0.2, 0.25) is 0 Å². The topological polar surface area (TPSA) is 83.6 Å². The third-order valence-electron chi connectivity index (χ3n) is 3.77. The lowest BCUT2D eigenvalue weighted by Crippen LogP contribution is -2.39. The third-order valence-corrected chi connectivity index (χ3v) is 5.83. The first-order valence-corrected chi connectivity index (χ1v) is 8.76. The Morgan fingerprint density at radius 1 is 1.29 bits per heavy atom. The van der Waals surface area contributed by atoms with Crippen LogP contribution in [0.4, 0.5) is 0 Å². The molecule has 0 aromatic heterocycles. The summed E-state index contributed by atoms with van der Waals surface area (Å²) in [6.07, 6.45) is 1.88. The molecule has 0 bridgehead atoms. The van der Waals surface area contributed by atoms with Crippen LogP contribution in [0, 0.1) is 5.92 Å². The van der Waals surface area contributed by atoms with Gasteiger partial charge in [0.15, 0.2) is 0 Å². The average Bonchev–Trinajstić information content (AvgIpc) is 2.47. The minimum absolute atomic E-state index is 0.127. The second-order valence-corrected chi connectivity index (χ2v) is 7.78. The first-order chi connectivity index (χ1) is 9.93. The number of sulfonamides is 1. The summed E-state index contributed by atoms with van der Waals surface area (Å²) in [5.74, 6) is 0.212. The van der Waals surface area contributed by atoms with Crippen LogP contribution in [0.1, 0.15) is 18.4 Å². The van der Waals surface area contributed by atoms with Crippen LogP contribution in [-0.4, -0.2) is 42.5 Å². The molecule has 1 aromatic rings. The zero-order valence-electron chi connectivity index (χ0n) is 11.7. The molecule has 1 aliphatic rings. The molecule has 1 aliphatic heterocycles. The van der Waals surface area contributed by atoms with Gasteiger partial charge in [0.05, 0.1) is 9.88 Å². The monoisotopic (exact) mass is 328 g/mol. The Hall–Kier alpha value is -1.02. The van der Waals surface area contributed by atoms with Gasteiger partial charge in [0.25, 0.3) is 0 Å². The van der Waals surface area contributed by atoms with Gasteiger partial charge in [0.2, 0.25) is 10.0 Å². The van der Waals surface area contributed by atoms with Crippen LogP contribution in [0.25, 0.3) is 0 Å². The maximum absolute atomic E-state index is 12.5. The first-order valence-electron chi connectivity index (χ1n) is 6.91. The number of nitrogens with two attached hydrogens (primary N) is 1. The van der Waals surface area contributed by atoms with Crippen molar-refractivity contribution in [3.63, 3.8) is 0 Å². The molecule has 0 saturated carbocycles. The Balaban J connectivity index is 2.11. The van der Waals surface area contributed by atoms with E-state index in [2.05, 4.69) is 0 Å². The highest BCUT2D eigenvalue weighted by Crippen LogP contribution is 2.23. The van der Waals surface area contributed by atoms with E-state index in [1.54, 1.807) is 24.3 Å². The summed E-state index contributed by atoms with van der Waals surface area (Å²) >= 11 is 4.84. The largest absolute Gasteiger partial charge is 0.396 e. The summed E-state index contributed by atoms with van der Waals surface area (Å²) < 4.78 is 26.5. The Morgan fingerprint density at radius 3 is 2.33 bits per heavy atom. The zero-order chi connectivity index (χ0) is 15.5. The molecule has 0 aliphatic carbocycles. The number of piperidine rings is 1. The van der Waals surface area contributed by atoms with Crippen molar-refractivity contribution in [3.8, 4) is 0 Å². The highest BCUT2D eigenvalue weighted by molar-refractivity contribution is 7.89. The summed E-state index contributed by atoms with van der Waals surface area (Å²) in [6.45, 7) is 1.05. The number of nitrogens with zero attached hydrogens (tertiary/aromatic N) is 1. The summed E-state index contributed by atoms with van der Waals surface area (Å²) in [5.41, 5.74) is 6.38. The van der Waals surface area contributed by atoms with Crippen LogP contribution in [-0.2, 0) is 16.4 Å². The molecule has 3 N–H and O–H groups in total. The lowest BCUT2D eigenvalue weighted by molar-refractivity contribution is 0.170. The maximum Gasteiger partial charge on any atom is 0.243 e. The van der Waals surface area contributed by atoms with E-state index < -0.39 is 10.0 Å². The van der Waals surface area contributed by atoms with E-state index in [0.29, 0.717) is 37.3 Å². The van der Waals surface area contributed by atoms with E-state index in [4.69, 9.17) is 23.1 Å². The lowest BCUT2D eigenvalue weighted by Gasteiger charge is -2.30. The average molecular weight is 328 g/mol. The van der Waals surface area contributed by atoms with Gasteiger partial charge in [-0.15, -0.1) is 0 Å². The Bertz CT molecular complexity index is 591. The molecule has 0 unspecified atom stereocenters. The van der Waals surface area contributed by atoms with Crippen LogP contribution in [0.3, 0.4) is 0 Å². The van der Waals surface area contributed by atoms with Gasteiger partial charge in [-0.25, -0.2) is 8.42 Å². The van der Waals surface area contributed by atoms with Gasteiger partial charge in [-0.2, -0.15) is 4.31 Å². The molecule has 1 fully saturated rings. The quantitative estimate of drug-likeness (QED) is 0.785. The smallest absolute Gasteiger partial charge is 0.243 e. The van der Waals surface area contributed by atoms with Crippen molar-refractivity contribution in [2.45, 2.75) is 24.2 Å². The fraction of sp³-hybridized carbons (Fsp3) is 0.500. The Morgan fingerprint density at radius 2 is 1.86 bits per heavy atom. The molecule has 7 heteroatoms. The van der Waals surface area contributed by atoms with Gasteiger partial charge in [-0.1, -0.05) is 24.4 Å². The molecule has 0 radical (unpaired) electrons. The molecule has 0 atom stereocenters. The number of rotatable bonds is 5. The molecule has 116 valence electrons. The van der Waals surface area contributed by atoms with Gasteiger partial charge in [0, 0.05) is 26.1 Å². The number of aliphatic hydroxyl groups is 1. The molecule has 1 saturated heterocycles. The molecule has 1 aromatic carbocycles. The second kappa shape index (κ2) is 6.83. The minimum atomic E-state index is -3.45. The SMILES string of the molecule is NC(=S)Cc1ccc(S(=O)(=O)N2CCC(CO)CC2)cc1. The number of hydrogen-bond acceptors (Lipinski definition) is 4. The Kier molecular flexibility index (Phi) is 5.32. The molecule has 21 heavy (non-hydrogen) atoms. The van der Waals surface area contributed by atoms with E-state index in [9.17, 15) is 8.42 Å². The first kappa shape index (κ1) is 16.4. The predicted molar refractivity (Wildman–Crippen MR) is 85.5 cm³/mol. The standard InChI is InChI=1S/C14H20N2O3S2/c15-14(20)9-11-1-3-13(4-2-11)21(18,19)16-7-5-12(10-17)6-8-16/h1-4,12,17H,5-10H2,(H2,15,20). The van der Waals surface area contributed by atoms with Gasteiger partial charge < -0.3 is 10.8 Å². The molecule has 5 nitrogen and oxygen atoms in total. The second-order valence-electron chi connectivity index (χ2n) is 5.32. The fourth-order valence-electron chi connectivity index (χ4n) is 2.46. The number of benzene rings is 1. The zero-order valence-corrected chi connectivity index (χ0v) is 13.4. The van der Waals surface area contributed by atoms with E-state index >= 15 is 0 Å². The molecule has 0 amide bonds. The summed E-state index contributed by atoms with van der Waals surface area (Å²) in [5, 5.41) is 9.11. The van der Waals surface area contributed by atoms with Gasteiger partial charge in [-0.05, 0) is 36.5 Å². The van der Waals surface area contributed by atoms with Crippen molar-refractivity contribution in [3.05, 3.63) is 29.8 Å². The maximum atomic E-state index is 12.5. The summed E-state index contributed by atoms with van der Waals surface area (Å²) in [7, 11) is -3.45. The van der Waals surface area contributed by atoms with E-state index in [1.165, 1.54) is 4.31 Å². The van der Waals surface area contributed by atoms with Crippen LogP contribution in [0.5, 0.6) is 0 Å². The predicted octanol–water partition coefficient (Wildman–Crippen LogP) is 0.908. The van der Waals surface area contributed by atoms with Crippen molar-refractivity contribution >= 4 is 27.2 Å². The van der Waals surface area contributed by atoms with E-state index in [1.807, 2.05) is 0 Å². The molecular weight excluding hydrogens is 308 g/mol. The highest BCUT2D eigenvalue weighted by Gasteiger charge is 2.28. The van der Waals surface area contributed by atoms with Crippen molar-refractivity contribution in [1.82, 2.24) is 4.31 Å². The minimum Gasteiger partial charge on any atom is -0.396 e. The Labute approximate surface area is 130 Å². The molecular formula is C14H20N2O3S2. The van der Waals surface area contributed by atoms with E-state index in [0.717, 1.165) is 5.56 Å². The van der Waals surface area contributed by atoms with Crippen LogP contribution < -0.4 is 5.73 Å². The van der Waals surface area contributed by atoms with Crippen LogP contribution in [0.15, 0.2) is 29.2 Å². The fourth-order valence-corrected chi connectivity index (χ4v) is 4.10. The molecule has 1 heterocycles. The normalized spacial score (nSPS) is 17.8. The number of thiocarbonyl (C=S) groups is 1. The summed E-state index contributed by atoms with van der Waals surface area (Å²) in [6, 6.07) is 6.68. The highest BCUT2D eigenvalue weighted by atomic mass is 32.2. The van der Waals surface area contributed by atoms with Gasteiger partial charge in [-0.3, -0.25) is 0 Å². The van der Waals surface area contributed by atoms with Crippen molar-refractivity contribution < 1.29 is 13.5 Å². The van der Waals surface area contributed by atoms with Crippen molar-refractivity contribution in [2.75, 3.05) is 19.7 Å². The lowest BCUT2D eigenvalue weighted by atomic mass is 10.00. The molecule has 2 rings (SSSR count). The van der Waals surface area contributed by atoms with Crippen molar-refractivity contribution in [1.29, 1.82) is 0 Å². The van der Waals surface area contributed by atoms with Gasteiger partial charge >= 0.3 is 0 Å². The van der Waals surface area contributed by atoms with Gasteiger partial charge in [0.1, 0.15) is 0 Å². The summed E-state index contributed by atoms with van der Waals surface area (Å²) in [4.78, 5) is 0.674. The number of hydrogen-bond donors (Lipinski definition) is 2. The van der Waals surface area contributed by atoms with Crippen molar-refractivity contribution in [2.24, 2.45) is 11.7 Å². The number of aliphatic hydroxyl groups excluding tert-OH is 1. The van der Waals surface area contributed by atoms with Crippen LogP contribution >= 0.6 is 12.2 Å².